The molecule has 0 aromatic heterocycles. The molecular formula is C2H5Cl2O3P. The van der Waals surface area contributed by atoms with E-state index in [-0.39, 0.29) is 0 Å². The second-order valence-corrected chi connectivity index (χ2v) is 5.60. The highest BCUT2D eigenvalue weighted by Crippen LogP contribution is 2.55. The highest BCUT2D eigenvalue weighted by atomic mass is 35.5. The van der Waals surface area contributed by atoms with Crippen molar-refractivity contribution in [1.29, 1.82) is 0 Å². The van der Waals surface area contributed by atoms with Gasteiger partial charge in [-0.25, -0.2) is 0 Å². The molecular weight excluding hydrogens is 174 g/mol. The summed E-state index contributed by atoms with van der Waals surface area (Å²) >= 11 is 10.0. The molecule has 3 nitrogen and oxygen atoms in total. The molecule has 0 saturated heterocycles. The van der Waals surface area contributed by atoms with Crippen LogP contribution in [0.4, 0.5) is 0 Å². The predicted octanol–water partition coefficient (Wildman–Crippen LogP) is 1.32. The molecule has 0 amide bonds. The lowest BCUT2D eigenvalue weighted by atomic mass is 10.9. The second kappa shape index (κ2) is 2.16. The van der Waals surface area contributed by atoms with Crippen LogP contribution in [-0.2, 0) is 4.57 Å². The molecule has 0 radical (unpaired) electrons. The highest BCUT2D eigenvalue weighted by Gasteiger charge is 2.38. The van der Waals surface area contributed by atoms with E-state index in [0.29, 0.717) is 0 Å². The van der Waals surface area contributed by atoms with E-state index in [2.05, 4.69) is 0 Å². The van der Waals surface area contributed by atoms with Crippen molar-refractivity contribution < 1.29 is 14.4 Å². The summed E-state index contributed by atoms with van der Waals surface area (Å²) in [4.78, 5) is 16.4. The Hall–Kier alpha value is 0.730. The molecule has 0 saturated carbocycles. The van der Waals surface area contributed by atoms with Crippen LogP contribution in [0.1, 0.15) is 6.92 Å². The van der Waals surface area contributed by atoms with Crippen LogP contribution < -0.4 is 0 Å². The third-order valence-electron chi connectivity index (χ3n) is 0.511. The fourth-order valence-electron chi connectivity index (χ4n) is 0. The first kappa shape index (κ1) is 8.73. The largest absolute Gasteiger partial charge is 0.360 e. The van der Waals surface area contributed by atoms with E-state index in [1.165, 1.54) is 0 Å². The Morgan fingerprint density at radius 3 is 1.62 bits per heavy atom. The Morgan fingerprint density at radius 1 is 1.50 bits per heavy atom. The SMILES string of the molecule is CC(Cl)(Cl)P(=O)(O)O. The highest BCUT2D eigenvalue weighted by molar-refractivity contribution is 7.58. The van der Waals surface area contributed by atoms with Crippen LogP contribution in [0.3, 0.4) is 0 Å². The number of alkyl halides is 2. The predicted molar refractivity (Wildman–Crippen MR) is 32.2 cm³/mol. The molecule has 0 atom stereocenters. The Morgan fingerprint density at radius 2 is 1.62 bits per heavy atom. The minimum Gasteiger partial charge on any atom is -0.322 e. The molecule has 0 aliphatic heterocycles. The Kier molecular flexibility index (Phi) is 2.36. The van der Waals surface area contributed by atoms with Gasteiger partial charge in [0, 0.05) is 0 Å². The number of halogens is 2. The molecule has 8 heavy (non-hydrogen) atoms. The minimum atomic E-state index is -4.32. The van der Waals surface area contributed by atoms with Crippen LogP contribution in [0.25, 0.3) is 0 Å². The molecule has 0 bridgehead atoms. The molecule has 0 rings (SSSR count). The molecule has 2 N–H and O–H groups in total. The summed E-state index contributed by atoms with van der Waals surface area (Å²) in [5.74, 6) is 0. The fourth-order valence-corrected chi connectivity index (χ4v) is 0. The smallest absolute Gasteiger partial charge is 0.322 e. The zero-order chi connectivity index (χ0) is 7.00. The monoisotopic (exact) mass is 178 g/mol. The van der Waals surface area contributed by atoms with Gasteiger partial charge in [0.2, 0.25) is 4.07 Å². The van der Waals surface area contributed by atoms with Crippen LogP contribution >= 0.6 is 30.8 Å². The van der Waals surface area contributed by atoms with Gasteiger partial charge in [0.1, 0.15) is 0 Å². The zero-order valence-electron chi connectivity index (χ0n) is 4.01. The Balaban J connectivity index is 4.26. The molecule has 0 aliphatic carbocycles. The van der Waals surface area contributed by atoms with Gasteiger partial charge in [0.05, 0.1) is 0 Å². The Labute approximate surface area is 56.8 Å². The molecule has 0 fully saturated rings. The molecule has 0 unspecified atom stereocenters. The lowest BCUT2D eigenvalue weighted by Gasteiger charge is -2.13. The van der Waals surface area contributed by atoms with Gasteiger partial charge in [-0.2, -0.15) is 0 Å². The average molecular weight is 179 g/mol. The molecule has 0 heterocycles. The van der Waals surface area contributed by atoms with Crippen molar-refractivity contribution in [3.8, 4) is 0 Å². The summed E-state index contributed by atoms with van der Waals surface area (Å²) in [6.07, 6.45) is 0. The van der Waals surface area contributed by atoms with E-state index in [1.54, 1.807) is 0 Å². The summed E-state index contributed by atoms with van der Waals surface area (Å²) < 4.78 is 8.13. The van der Waals surface area contributed by atoms with Gasteiger partial charge in [-0.15, -0.1) is 0 Å². The molecule has 0 spiro atoms. The van der Waals surface area contributed by atoms with Crippen molar-refractivity contribution in [2.75, 3.05) is 0 Å². The van der Waals surface area contributed by atoms with Crippen molar-refractivity contribution in [2.24, 2.45) is 0 Å². The van der Waals surface area contributed by atoms with Crippen LogP contribution in [0.15, 0.2) is 0 Å². The first-order valence-electron chi connectivity index (χ1n) is 1.68. The van der Waals surface area contributed by atoms with Gasteiger partial charge in [0.15, 0.2) is 0 Å². The van der Waals surface area contributed by atoms with Gasteiger partial charge in [-0.05, 0) is 6.92 Å². The lowest BCUT2D eigenvalue weighted by molar-refractivity contribution is 0.366. The van der Waals surface area contributed by atoms with E-state index in [9.17, 15) is 4.57 Å². The zero-order valence-corrected chi connectivity index (χ0v) is 6.41. The molecule has 6 heteroatoms. The van der Waals surface area contributed by atoms with Crippen LogP contribution in [0, 0.1) is 0 Å². The van der Waals surface area contributed by atoms with Crippen molar-refractivity contribution in [1.82, 2.24) is 0 Å². The van der Waals surface area contributed by atoms with Crippen molar-refractivity contribution in [3.63, 3.8) is 0 Å². The molecule has 0 aromatic carbocycles. The van der Waals surface area contributed by atoms with Crippen LogP contribution in [0.5, 0.6) is 0 Å². The van der Waals surface area contributed by atoms with Crippen molar-refractivity contribution in [3.05, 3.63) is 0 Å². The maximum absolute atomic E-state index is 10.1. The first-order chi connectivity index (χ1) is 3.25. The third kappa shape index (κ3) is 2.33. The molecule has 0 aromatic rings. The van der Waals surface area contributed by atoms with Crippen LogP contribution in [0.2, 0.25) is 0 Å². The quantitative estimate of drug-likeness (QED) is 0.471. The summed E-state index contributed by atoms with van der Waals surface area (Å²) in [7, 11) is -4.32. The van der Waals surface area contributed by atoms with Gasteiger partial charge in [-0.3, -0.25) is 4.57 Å². The Bertz CT molecular complexity index is 122. The number of hydrogen-bond donors (Lipinski definition) is 2. The normalized spacial score (nSPS) is 14.1. The van der Waals surface area contributed by atoms with E-state index >= 15 is 0 Å². The van der Waals surface area contributed by atoms with Gasteiger partial charge in [0.25, 0.3) is 0 Å². The minimum absolute atomic E-state index is 1.04. The van der Waals surface area contributed by atoms with Gasteiger partial charge < -0.3 is 9.79 Å². The van der Waals surface area contributed by atoms with Crippen LogP contribution in [-0.4, -0.2) is 13.9 Å². The molecule has 50 valence electrons. The van der Waals surface area contributed by atoms with Gasteiger partial charge >= 0.3 is 7.60 Å². The summed E-state index contributed by atoms with van der Waals surface area (Å²) in [5.41, 5.74) is 0. The van der Waals surface area contributed by atoms with E-state index in [4.69, 9.17) is 33.0 Å². The first-order valence-corrected chi connectivity index (χ1v) is 4.05. The number of rotatable bonds is 1. The van der Waals surface area contributed by atoms with E-state index in [0.717, 1.165) is 6.92 Å². The summed E-state index contributed by atoms with van der Waals surface area (Å²) in [6.45, 7) is 1.04. The second-order valence-electron chi connectivity index (χ2n) is 1.39. The van der Waals surface area contributed by atoms with Crippen molar-refractivity contribution >= 4 is 30.8 Å². The summed E-state index contributed by atoms with van der Waals surface area (Å²) in [6, 6.07) is 0. The standard InChI is InChI=1S/C2H5Cl2O3P/c1-2(3,4)8(5,6)7/h1H3,(H2,5,6,7). The van der Waals surface area contributed by atoms with E-state index < -0.39 is 11.7 Å². The maximum Gasteiger partial charge on any atom is 0.360 e. The van der Waals surface area contributed by atoms with Gasteiger partial charge in [-0.1, -0.05) is 23.2 Å². The fraction of sp³-hybridized carbons (Fsp3) is 1.00. The molecule has 0 aliphatic rings. The van der Waals surface area contributed by atoms with Crippen molar-refractivity contribution in [2.45, 2.75) is 11.0 Å². The average Bonchev–Trinajstić information content (AvgIpc) is 1.25. The van der Waals surface area contributed by atoms with E-state index in [1.807, 2.05) is 0 Å². The topological polar surface area (TPSA) is 57.5 Å². The maximum atomic E-state index is 10.1. The summed E-state index contributed by atoms with van der Waals surface area (Å²) in [5, 5.41) is 0. The lowest BCUT2D eigenvalue weighted by Crippen LogP contribution is -2.05. The number of hydrogen-bond acceptors (Lipinski definition) is 1. The third-order valence-corrected chi connectivity index (χ3v) is 2.86.